The quantitative estimate of drug-likeness (QED) is 0.604. The lowest BCUT2D eigenvalue weighted by atomic mass is 10.1. The molecule has 0 radical (unpaired) electrons. The first-order valence-electron chi connectivity index (χ1n) is 8.64. The highest BCUT2D eigenvalue weighted by Gasteiger charge is 2.30. The molecule has 0 aromatic carbocycles. The van der Waals surface area contributed by atoms with Gasteiger partial charge in [-0.1, -0.05) is 12.8 Å². The molecule has 3 fully saturated rings. The van der Waals surface area contributed by atoms with Gasteiger partial charge in [0.1, 0.15) is 0 Å². The Bertz CT molecular complexity index is 348. The largest absolute Gasteiger partial charge is 0.381 e. The third-order valence-electron chi connectivity index (χ3n) is 5.21. The van der Waals surface area contributed by atoms with Crippen LogP contribution in [0.25, 0.3) is 0 Å². The average Bonchev–Trinajstić information content (AvgIpc) is 3.24. The molecule has 0 aromatic heterocycles. The van der Waals surface area contributed by atoms with Crippen molar-refractivity contribution < 1.29 is 4.74 Å². The smallest absolute Gasteiger partial charge is 0.191 e. The fraction of sp³-hybridized carbons (Fsp3) is 0.938. The molecule has 5 nitrogen and oxygen atoms in total. The number of nitrogens with one attached hydrogen (secondary N) is 2. The van der Waals surface area contributed by atoms with Crippen LogP contribution >= 0.6 is 0 Å². The van der Waals surface area contributed by atoms with E-state index in [4.69, 9.17) is 4.74 Å². The van der Waals surface area contributed by atoms with Crippen molar-refractivity contribution in [3.63, 3.8) is 0 Å². The Labute approximate surface area is 128 Å². The van der Waals surface area contributed by atoms with Crippen molar-refractivity contribution in [3.05, 3.63) is 0 Å². The lowest BCUT2D eigenvalue weighted by Crippen LogP contribution is -2.46. The van der Waals surface area contributed by atoms with Crippen LogP contribution in [-0.2, 0) is 4.74 Å². The predicted octanol–water partition coefficient (Wildman–Crippen LogP) is 1.20. The topological polar surface area (TPSA) is 48.9 Å². The zero-order valence-electron chi connectivity index (χ0n) is 13.3. The number of aliphatic imine (C=N–C) groups is 1. The maximum atomic E-state index is 5.42. The zero-order chi connectivity index (χ0) is 14.5. The summed E-state index contributed by atoms with van der Waals surface area (Å²) >= 11 is 0. The molecule has 2 unspecified atom stereocenters. The van der Waals surface area contributed by atoms with Crippen molar-refractivity contribution >= 4 is 5.96 Å². The molecule has 3 aliphatic rings. The van der Waals surface area contributed by atoms with Gasteiger partial charge in [0.25, 0.3) is 0 Å². The van der Waals surface area contributed by atoms with Crippen molar-refractivity contribution in [2.24, 2.45) is 10.9 Å². The molecule has 1 saturated carbocycles. The SMILES string of the molecule is CN=C(NCC1CCOC1)NC1CCN(C2CCCC2)C1. The van der Waals surface area contributed by atoms with E-state index < -0.39 is 0 Å². The molecule has 2 aliphatic heterocycles. The van der Waals surface area contributed by atoms with Gasteiger partial charge in [-0.25, -0.2) is 0 Å². The van der Waals surface area contributed by atoms with Crippen LogP contribution in [-0.4, -0.2) is 62.8 Å². The number of ether oxygens (including phenoxy) is 1. The molecule has 2 heterocycles. The first-order chi connectivity index (χ1) is 10.3. The Hall–Kier alpha value is -0.810. The van der Waals surface area contributed by atoms with E-state index in [0.29, 0.717) is 12.0 Å². The Morgan fingerprint density at radius 3 is 2.81 bits per heavy atom. The molecule has 2 N–H and O–H groups in total. The van der Waals surface area contributed by atoms with Crippen LogP contribution in [0.2, 0.25) is 0 Å². The first kappa shape index (κ1) is 15.1. The minimum absolute atomic E-state index is 0.552. The van der Waals surface area contributed by atoms with Gasteiger partial charge in [-0.2, -0.15) is 0 Å². The molecule has 0 spiro atoms. The Morgan fingerprint density at radius 1 is 1.24 bits per heavy atom. The summed E-state index contributed by atoms with van der Waals surface area (Å²) in [7, 11) is 1.87. The number of likely N-dealkylation sites (tertiary alicyclic amines) is 1. The normalized spacial score (nSPS) is 32.0. The van der Waals surface area contributed by atoms with Gasteiger partial charge < -0.3 is 15.4 Å². The van der Waals surface area contributed by atoms with E-state index in [0.717, 1.165) is 31.8 Å². The Balaban J connectivity index is 1.40. The van der Waals surface area contributed by atoms with Gasteiger partial charge in [-0.15, -0.1) is 0 Å². The van der Waals surface area contributed by atoms with E-state index in [-0.39, 0.29) is 0 Å². The number of rotatable bonds is 4. The fourth-order valence-electron chi connectivity index (χ4n) is 3.88. The van der Waals surface area contributed by atoms with Gasteiger partial charge in [0, 0.05) is 51.3 Å². The van der Waals surface area contributed by atoms with Crippen molar-refractivity contribution in [3.8, 4) is 0 Å². The molecule has 5 heteroatoms. The molecule has 1 aliphatic carbocycles. The molecule has 3 rings (SSSR count). The van der Waals surface area contributed by atoms with Gasteiger partial charge in [-0.3, -0.25) is 9.89 Å². The average molecular weight is 294 g/mol. The fourth-order valence-corrected chi connectivity index (χ4v) is 3.88. The summed E-state index contributed by atoms with van der Waals surface area (Å²) in [5.41, 5.74) is 0. The highest BCUT2D eigenvalue weighted by Crippen LogP contribution is 2.26. The molecule has 0 amide bonds. The third-order valence-corrected chi connectivity index (χ3v) is 5.21. The van der Waals surface area contributed by atoms with E-state index >= 15 is 0 Å². The second-order valence-corrected chi connectivity index (χ2v) is 6.75. The minimum Gasteiger partial charge on any atom is -0.381 e. The molecular weight excluding hydrogens is 264 g/mol. The number of hydrogen-bond donors (Lipinski definition) is 2. The standard InChI is InChI=1S/C16H30N4O/c1-17-16(18-10-13-7-9-21-12-13)19-14-6-8-20(11-14)15-4-2-3-5-15/h13-15H,2-12H2,1H3,(H2,17,18,19). The van der Waals surface area contributed by atoms with Crippen molar-refractivity contribution in [1.82, 2.24) is 15.5 Å². The minimum atomic E-state index is 0.552. The van der Waals surface area contributed by atoms with Crippen LogP contribution in [0.1, 0.15) is 38.5 Å². The summed E-state index contributed by atoms with van der Waals surface area (Å²) in [6.45, 7) is 5.20. The second kappa shape index (κ2) is 7.45. The molecule has 0 bridgehead atoms. The molecule has 2 saturated heterocycles. The van der Waals surface area contributed by atoms with Crippen LogP contribution in [0.5, 0.6) is 0 Å². The summed E-state index contributed by atoms with van der Waals surface area (Å²) in [6, 6.07) is 1.40. The summed E-state index contributed by atoms with van der Waals surface area (Å²) in [5, 5.41) is 7.06. The summed E-state index contributed by atoms with van der Waals surface area (Å²) in [5.74, 6) is 1.60. The third kappa shape index (κ3) is 4.10. The van der Waals surface area contributed by atoms with E-state index in [1.807, 2.05) is 7.05 Å². The van der Waals surface area contributed by atoms with Crippen LogP contribution in [0.4, 0.5) is 0 Å². The van der Waals surface area contributed by atoms with Gasteiger partial charge >= 0.3 is 0 Å². The van der Waals surface area contributed by atoms with Crippen LogP contribution < -0.4 is 10.6 Å². The van der Waals surface area contributed by atoms with E-state index in [2.05, 4.69) is 20.5 Å². The van der Waals surface area contributed by atoms with Gasteiger partial charge in [-0.05, 0) is 25.7 Å². The lowest BCUT2D eigenvalue weighted by Gasteiger charge is -2.24. The summed E-state index contributed by atoms with van der Waals surface area (Å²) < 4.78 is 5.42. The molecule has 21 heavy (non-hydrogen) atoms. The zero-order valence-corrected chi connectivity index (χ0v) is 13.3. The number of nitrogens with zero attached hydrogens (tertiary/aromatic N) is 2. The highest BCUT2D eigenvalue weighted by atomic mass is 16.5. The second-order valence-electron chi connectivity index (χ2n) is 6.75. The highest BCUT2D eigenvalue weighted by molar-refractivity contribution is 5.80. The predicted molar refractivity (Wildman–Crippen MR) is 85.7 cm³/mol. The molecule has 120 valence electrons. The van der Waals surface area contributed by atoms with Crippen molar-refractivity contribution in [2.75, 3.05) is 39.9 Å². The Kier molecular flexibility index (Phi) is 5.36. The number of hydrogen-bond acceptors (Lipinski definition) is 3. The summed E-state index contributed by atoms with van der Waals surface area (Å²) in [6.07, 6.45) is 8.06. The van der Waals surface area contributed by atoms with Gasteiger partial charge in [0.05, 0.1) is 6.61 Å². The maximum absolute atomic E-state index is 5.42. The number of guanidine groups is 1. The van der Waals surface area contributed by atoms with E-state index in [1.54, 1.807) is 0 Å². The monoisotopic (exact) mass is 294 g/mol. The lowest BCUT2D eigenvalue weighted by molar-refractivity contribution is 0.186. The maximum Gasteiger partial charge on any atom is 0.191 e. The van der Waals surface area contributed by atoms with Crippen molar-refractivity contribution in [2.45, 2.75) is 50.6 Å². The first-order valence-corrected chi connectivity index (χ1v) is 8.64. The van der Waals surface area contributed by atoms with Crippen LogP contribution in [0.3, 0.4) is 0 Å². The van der Waals surface area contributed by atoms with E-state index in [9.17, 15) is 0 Å². The van der Waals surface area contributed by atoms with Crippen molar-refractivity contribution in [1.29, 1.82) is 0 Å². The Morgan fingerprint density at radius 2 is 2.10 bits per heavy atom. The van der Waals surface area contributed by atoms with Crippen LogP contribution in [0, 0.1) is 5.92 Å². The summed E-state index contributed by atoms with van der Waals surface area (Å²) in [4.78, 5) is 7.05. The molecular formula is C16H30N4O. The van der Waals surface area contributed by atoms with E-state index in [1.165, 1.54) is 51.6 Å². The molecule has 0 aromatic rings. The van der Waals surface area contributed by atoms with Gasteiger partial charge in [0.15, 0.2) is 5.96 Å². The van der Waals surface area contributed by atoms with Gasteiger partial charge in [0.2, 0.25) is 0 Å². The molecule has 2 atom stereocenters. The van der Waals surface area contributed by atoms with Crippen LogP contribution in [0.15, 0.2) is 4.99 Å².